The minimum absolute atomic E-state index is 0.230. The monoisotopic (exact) mass is 301 g/mol. The zero-order valence-corrected chi connectivity index (χ0v) is 13.3. The second-order valence-electron chi connectivity index (χ2n) is 5.59. The molecule has 5 nitrogen and oxygen atoms in total. The summed E-state index contributed by atoms with van der Waals surface area (Å²) in [4.78, 5) is 22.8. The summed E-state index contributed by atoms with van der Waals surface area (Å²) >= 11 is 0. The highest BCUT2D eigenvalue weighted by Crippen LogP contribution is 2.30. The summed E-state index contributed by atoms with van der Waals surface area (Å²) in [5.74, 6) is -1.96. The van der Waals surface area contributed by atoms with Crippen LogP contribution in [0.25, 0.3) is 5.69 Å². The molecule has 0 radical (unpaired) electrons. The van der Waals surface area contributed by atoms with E-state index in [9.17, 15) is 19.8 Å². The van der Waals surface area contributed by atoms with Crippen LogP contribution in [0, 0.1) is 34.6 Å². The molecule has 0 aliphatic heterocycles. The van der Waals surface area contributed by atoms with E-state index in [1.165, 1.54) is 0 Å². The minimum Gasteiger partial charge on any atom is -0.478 e. The molecule has 0 fully saturated rings. The van der Waals surface area contributed by atoms with Crippen LogP contribution in [-0.2, 0) is 0 Å². The van der Waals surface area contributed by atoms with Crippen molar-refractivity contribution in [1.29, 1.82) is 0 Å². The number of nitrogens with zero attached hydrogens (tertiary/aromatic N) is 1. The number of carbonyl (C=O) groups is 2. The van der Waals surface area contributed by atoms with Crippen LogP contribution in [-0.4, -0.2) is 26.7 Å². The van der Waals surface area contributed by atoms with Gasteiger partial charge in [0, 0.05) is 11.4 Å². The topological polar surface area (TPSA) is 79.5 Å². The Kier molecular flexibility index (Phi) is 3.83. The van der Waals surface area contributed by atoms with Crippen LogP contribution < -0.4 is 0 Å². The number of aromatic nitrogens is 1. The molecule has 0 unspecified atom stereocenters. The molecule has 0 spiro atoms. The van der Waals surface area contributed by atoms with Crippen molar-refractivity contribution in [1.82, 2.24) is 4.57 Å². The van der Waals surface area contributed by atoms with E-state index < -0.39 is 11.9 Å². The van der Waals surface area contributed by atoms with Crippen molar-refractivity contribution < 1.29 is 19.8 Å². The molecule has 0 amide bonds. The van der Waals surface area contributed by atoms with Crippen molar-refractivity contribution in [3.63, 3.8) is 0 Å². The molecule has 0 bridgehead atoms. The van der Waals surface area contributed by atoms with E-state index in [-0.39, 0.29) is 11.1 Å². The molecule has 22 heavy (non-hydrogen) atoms. The van der Waals surface area contributed by atoms with E-state index in [4.69, 9.17) is 0 Å². The van der Waals surface area contributed by atoms with Crippen molar-refractivity contribution in [2.45, 2.75) is 34.6 Å². The average Bonchev–Trinajstić information content (AvgIpc) is 2.65. The molecule has 1 aromatic heterocycles. The molecule has 0 saturated carbocycles. The van der Waals surface area contributed by atoms with Crippen LogP contribution in [0.5, 0.6) is 0 Å². The second-order valence-corrected chi connectivity index (χ2v) is 5.59. The number of aromatic carboxylic acids is 2. The summed E-state index contributed by atoms with van der Waals surface area (Å²) in [7, 11) is 0. The van der Waals surface area contributed by atoms with Crippen molar-refractivity contribution in [2.24, 2.45) is 0 Å². The van der Waals surface area contributed by atoms with Gasteiger partial charge >= 0.3 is 11.9 Å². The Morgan fingerprint density at radius 3 is 1.95 bits per heavy atom. The Labute approximate surface area is 128 Å². The summed E-state index contributed by atoms with van der Waals surface area (Å²) < 4.78 is 1.82. The average molecular weight is 301 g/mol. The maximum Gasteiger partial charge on any atom is 0.337 e. The highest BCUT2D eigenvalue weighted by atomic mass is 16.4. The molecule has 5 heteroatoms. The Balaban J connectivity index is 2.87. The molecule has 2 N–H and O–H groups in total. The molecule has 0 saturated heterocycles. The molecule has 116 valence electrons. The third-order valence-electron chi connectivity index (χ3n) is 4.03. The van der Waals surface area contributed by atoms with Gasteiger partial charge in [0.2, 0.25) is 0 Å². The number of aryl methyl sites for hydroxylation is 3. The van der Waals surface area contributed by atoms with Gasteiger partial charge in [-0.25, -0.2) is 9.59 Å². The van der Waals surface area contributed by atoms with Crippen molar-refractivity contribution in [2.75, 3.05) is 0 Å². The van der Waals surface area contributed by atoms with Crippen LogP contribution >= 0.6 is 0 Å². The van der Waals surface area contributed by atoms with Crippen LogP contribution in [0.1, 0.15) is 48.8 Å². The van der Waals surface area contributed by atoms with Gasteiger partial charge in [0.15, 0.2) is 0 Å². The smallest absolute Gasteiger partial charge is 0.337 e. The lowest BCUT2D eigenvalue weighted by atomic mass is 9.97. The number of hydrogen-bond acceptors (Lipinski definition) is 2. The molecule has 0 atom stereocenters. The predicted octanol–water partition coefficient (Wildman–Crippen LogP) is 3.42. The van der Waals surface area contributed by atoms with Gasteiger partial charge in [-0.05, 0) is 57.4 Å². The maximum atomic E-state index is 11.5. The number of benzene rings is 1. The van der Waals surface area contributed by atoms with Gasteiger partial charge < -0.3 is 14.8 Å². The first-order valence-corrected chi connectivity index (χ1v) is 6.93. The number of hydrogen-bond donors (Lipinski definition) is 2. The largest absolute Gasteiger partial charge is 0.478 e. The summed E-state index contributed by atoms with van der Waals surface area (Å²) in [6.45, 7) is 8.98. The number of rotatable bonds is 3. The normalized spacial score (nSPS) is 10.8. The SMILES string of the molecule is Cc1cc(C)c(-n2c(C)cc(C(=O)O)c2C)c(C)c1C(=O)O. The van der Waals surface area contributed by atoms with Gasteiger partial charge in [-0.15, -0.1) is 0 Å². The standard InChI is InChI=1S/C17H19NO4/c1-8-6-9(2)15(11(4)14(8)17(21)22)18-10(3)7-13(12(18)5)16(19)20/h6-7H,1-5H3,(H,19,20)(H,21,22). The van der Waals surface area contributed by atoms with Crippen molar-refractivity contribution in [3.05, 3.63) is 51.3 Å². The zero-order chi connectivity index (χ0) is 16.8. The summed E-state index contributed by atoms with van der Waals surface area (Å²) in [5.41, 5.74) is 4.86. The van der Waals surface area contributed by atoms with E-state index in [1.54, 1.807) is 26.8 Å². The van der Waals surface area contributed by atoms with Gasteiger partial charge in [0.05, 0.1) is 16.8 Å². The minimum atomic E-state index is -0.986. The van der Waals surface area contributed by atoms with Crippen LogP contribution in [0.15, 0.2) is 12.1 Å². The molecular formula is C17H19NO4. The van der Waals surface area contributed by atoms with E-state index in [0.717, 1.165) is 16.9 Å². The van der Waals surface area contributed by atoms with Crippen molar-refractivity contribution >= 4 is 11.9 Å². The maximum absolute atomic E-state index is 11.5. The number of carboxylic acids is 2. The van der Waals surface area contributed by atoms with Crippen LogP contribution in [0.3, 0.4) is 0 Å². The van der Waals surface area contributed by atoms with Crippen LogP contribution in [0.2, 0.25) is 0 Å². The first-order chi connectivity index (χ1) is 10.2. The first-order valence-electron chi connectivity index (χ1n) is 6.93. The lowest BCUT2D eigenvalue weighted by Gasteiger charge is -2.19. The molecule has 1 heterocycles. The summed E-state index contributed by atoms with van der Waals surface area (Å²) in [6.07, 6.45) is 0. The summed E-state index contributed by atoms with van der Waals surface area (Å²) in [6, 6.07) is 3.43. The van der Waals surface area contributed by atoms with E-state index in [1.807, 2.05) is 24.5 Å². The van der Waals surface area contributed by atoms with Crippen LogP contribution in [0.4, 0.5) is 0 Å². The fraction of sp³-hybridized carbons (Fsp3) is 0.294. The zero-order valence-electron chi connectivity index (χ0n) is 13.3. The summed E-state index contributed by atoms with van der Waals surface area (Å²) in [5, 5.41) is 18.7. The molecule has 2 rings (SSSR count). The molecule has 2 aromatic rings. The Morgan fingerprint density at radius 1 is 0.909 bits per heavy atom. The Bertz CT molecular complexity index is 800. The highest BCUT2D eigenvalue weighted by Gasteiger charge is 2.22. The Morgan fingerprint density at radius 2 is 1.50 bits per heavy atom. The van der Waals surface area contributed by atoms with E-state index in [2.05, 4.69) is 0 Å². The van der Waals surface area contributed by atoms with Gasteiger partial charge in [-0.1, -0.05) is 6.07 Å². The predicted molar refractivity (Wildman–Crippen MR) is 83.4 cm³/mol. The number of carboxylic acid groups (broad SMARTS) is 2. The van der Waals surface area contributed by atoms with Gasteiger partial charge in [0.1, 0.15) is 0 Å². The molecule has 1 aromatic carbocycles. The highest BCUT2D eigenvalue weighted by molar-refractivity contribution is 5.93. The first kappa shape index (κ1) is 15.8. The quantitative estimate of drug-likeness (QED) is 0.910. The van der Waals surface area contributed by atoms with Gasteiger partial charge in [-0.3, -0.25) is 0 Å². The lowest BCUT2D eigenvalue weighted by Crippen LogP contribution is -2.11. The third kappa shape index (κ3) is 2.28. The molecule has 0 aliphatic rings. The molecule has 0 aliphatic carbocycles. The fourth-order valence-corrected chi connectivity index (χ4v) is 3.17. The van der Waals surface area contributed by atoms with Gasteiger partial charge in [0.25, 0.3) is 0 Å². The van der Waals surface area contributed by atoms with Crippen molar-refractivity contribution in [3.8, 4) is 5.69 Å². The molecular weight excluding hydrogens is 282 g/mol. The third-order valence-corrected chi connectivity index (χ3v) is 4.03. The fourth-order valence-electron chi connectivity index (χ4n) is 3.17. The van der Waals surface area contributed by atoms with E-state index in [0.29, 0.717) is 16.8 Å². The lowest BCUT2D eigenvalue weighted by molar-refractivity contribution is 0.0684. The van der Waals surface area contributed by atoms with E-state index >= 15 is 0 Å². The van der Waals surface area contributed by atoms with Gasteiger partial charge in [-0.2, -0.15) is 0 Å². The second kappa shape index (κ2) is 5.33. The Hall–Kier alpha value is -2.56.